The maximum atomic E-state index is 2.43. The first kappa shape index (κ1) is 32.6. The summed E-state index contributed by atoms with van der Waals surface area (Å²) >= 11 is 0. The van der Waals surface area contributed by atoms with Gasteiger partial charge in [-0.3, -0.25) is 0 Å². The number of fused-ring (bicyclic) bond motifs is 8. The molecule has 0 aliphatic heterocycles. The predicted molar refractivity (Wildman–Crippen MR) is 246 cm³/mol. The first-order valence-electron chi connectivity index (χ1n) is 20.0. The molecule has 0 aliphatic rings. The van der Waals surface area contributed by atoms with Crippen molar-refractivity contribution < 1.29 is 0 Å². The summed E-state index contributed by atoms with van der Waals surface area (Å²) < 4.78 is 4.85. The van der Waals surface area contributed by atoms with Gasteiger partial charge in [0.15, 0.2) is 0 Å². The first-order chi connectivity index (χ1) is 28.8. The Morgan fingerprint density at radius 2 is 0.724 bits per heavy atom. The van der Waals surface area contributed by atoms with Crippen molar-refractivity contribution in [2.45, 2.75) is 0 Å². The molecule has 0 unspecified atom stereocenters. The topological polar surface area (TPSA) is 9.86 Å². The van der Waals surface area contributed by atoms with Gasteiger partial charge in [-0.1, -0.05) is 158 Å². The van der Waals surface area contributed by atoms with E-state index in [0.29, 0.717) is 0 Å². The average molecular weight is 737 g/mol. The number of rotatable bonds is 5. The Kier molecular flexibility index (Phi) is 7.26. The summed E-state index contributed by atoms with van der Waals surface area (Å²) in [5, 5.41) is 10.1. The molecule has 2 heterocycles. The molecule has 0 saturated carbocycles. The lowest BCUT2D eigenvalue weighted by Gasteiger charge is -2.14. The maximum Gasteiger partial charge on any atom is 0.0541 e. The van der Waals surface area contributed by atoms with Crippen LogP contribution in [-0.4, -0.2) is 9.13 Å². The molecule has 0 N–H and O–H groups in total. The lowest BCUT2D eigenvalue weighted by Crippen LogP contribution is -1.97. The molecule has 2 heteroatoms. The number of benzene rings is 10. The van der Waals surface area contributed by atoms with Crippen LogP contribution in [0.15, 0.2) is 218 Å². The fourth-order valence-corrected chi connectivity index (χ4v) is 9.47. The van der Waals surface area contributed by atoms with E-state index in [2.05, 4.69) is 228 Å². The molecular weight excluding hydrogens is 701 g/mol. The second kappa shape index (κ2) is 12.9. The SMILES string of the molecule is c1ccc(-c2ccccc2-n2c3ccccc3c3cc(-c4ccc5c(c4)c4ccccc4n5-c4ccc(-c5c6ccccc6cc6ccccc56)cc4)ccc32)cc1. The number of para-hydroxylation sites is 3. The number of hydrogen-bond donors (Lipinski definition) is 0. The van der Waals surface area contributed by atoms with E-state index in [-0.39, 0.29) is 0 Å². The summed E-state index contributed by atoms with van der Waals surface area (Å²) in [4.78, 5) is 0. The van der Waals surface area contributed by atoms with Gasteiger partial charge in [-0.25, -0.2) is 0 Å². The molecule has 0 radical (unpaired) electrons. The van der Waals surface area contributed by atoms with Gasteiger partial charge in [0, 0.05) is 32.8 Å². The normalized spacial score (nSPS) is 11.8. The minimum absolute atomic E-state index is 1.15. The van der Waals surface area contributed by atoms with E-state index in [0.717, 1.165) is 5.69 Å². The summed E-state index contributed by atoms with van der Waals surface area (Å²) in [5.41, 5.74) is 14.5. The van der Waals surface area contributed by atoms with Crippen LogP contribution in [0.5, 0.6) is 0 Å². The molecule has 12 aromatic rings. The standard InChI is InChI=1S/C56H36N2/c1-2-14-37(15-3-1)44-18-8-11-23-51(44)58-53-25-13-10-22-48(53)50-36-40(29-33-55(50)58)39-28-32-54-49(35-39)47-21-9-12-24-52(47)57(54)43-30-26-38(27-31-43)56-45-19-6-4-16-41(45)34-42-17-5-7-20-46(42)56/h1-36H. The van der Waals surface area contributed by atoms with Crippen LogP contribution in [0.2, 0.25) is 0 Å². The van der Waals surface area contributed by atoms with Crippen molar-refractivity contribution >= 4 is 65.2 Å². The van der Waals surface area contributed by atoms with Crippen molar-refractivity contribution in [1.82, 2.24) is 9.13 Å². The Bertz CT molecular complexity index is 3490. The maximum absolute atomic E-state index is 2.43. The van der Waals surface area contributed by atoms with Crippen LogP contribution in [0.25, 0.3) is 110 Å². The summed E-state index contributed by atoms with van der Waals surface area (Å²) in [5.74, 6) is 0. The van der Waals surface area contributed by atoms with Crippen molar-refractivity contribution in [2.24, 2.45) is 0 Å². The van der Waals surface area contributed by atoms with Gasteiger partial charge in [0.2, 0.25) is 0 Å². The van der Waals surface area contributed by atoms with E-state index in [1.807, 2.05) is 0 Å². The van der Waals surface area contributed by atoms with Crippen molar-refractivity contribution in [3.63, 3.8) is 0 Å². The Hall–Kier alpha value is -7.68. The molecule has 0 saturated heterocycles. The van der Waals surface area contributed by atoms with Crippen LogP contribution >= 0.6 is 0 Å². The fourth-order valence-electron chi connectivity index (χ4n) is 9.47. The first-order valence-corrected chi connectivity index (χ1v) is 20.0. The van der Waals surface area contributed by atoms with E-state index < -0.39 is 0 Å². The summed E-state index contributed by atoms with van der Waals surface area (Å²) in [7, 11) is 0. The van der Waals surface area contributed by atoms with Crippen LogP contribution in [0.1, 0.15) is 0 Å². The molecular formula is C56H36N2. The third kappa shape index (κ3) is 4.99. The van der Waals surface area contributed by atoms with Gasteiger partial charge in [-0.15, -0.1) is 0 Å². The Balaban J connectivity index is 0.988. The Labute approximate surface area is 336 Å². The second-order valence-electron chi connectivity index (χ2n) is 15.3. The van der Waals surface area contributed by atoms with E-state index in [4.69, 9.17) is 0 Å². The Morgan fingerprint density at radius 1 is 0.259 bits per heavy atom. The minimum atomic E-state index is 1.15. The van der Waals surface area contributed by atoms with E-state index in [1.54, 1.807) is 0 Å². The Morgan fingerprint density at radius 3 is 1.36 bits per heavy atom. The minimum Gasteiger partial charge on any atom is -0.309 e. The number of hydrogen-bond acceptors (Lipinski definition) is 0. The van der Waals surface area contributed by atoms with Crippen LogP contribution in [0.4, 0.5) is 0 Å². The molecule has 0 atom stereocenters. The van der Waals surface area contributed by atoms with E-state index in [9.17, 15) is 0 Å². The molecule has 12 rings (SSSR count). The highest BCUT2D eigenvalue weighted by molar-refractivity contribution is 6.14. The molecule has 0 aliphatic carbocycles. The highest BCUT2D eigenvalue weighted by atomic mass is 15.0. The summed E-state index contributed by atoms with van der Waals surface area (Å²) in [6.07, 6.45) is 0. The molecule has 2 aromatic heterocycles. The zero-order chi connectivity index (χ0) is 38.2. The monoisotopic (exact) mass is 736 g/mol. The van der Waals surface area contributed by atoms with Gasteiger partial charge in [0.05, 0.1) is 27.8 Å². The van der Waals surface area contributed by atoms with E-state index >= 15 is 0 Å². The van der Waals surface area contributed by atoms with E-state index in [1.165, 1.54) is 104 Å². The third-order valence-corrected chi connectivity index (χ3v) is 12.1. The van der Waals surface area contributed by atoms with Crippen LogP contribution in [0.3, 0.4) is 0 Å². The van der Waals surface area contributed by atoms with Gasteiger partial charge < -0.3 is 9.13 Å². The molecule has 2 nitrogen and oxygen atoms in total. The van der Waals surface area contributed by atoms with Crippen LogP contribution < -0.4 is 0 Å². The third-order valence-electron chi connectivity index (χ3n) is 12.1. The van der Waals surface area contributed by atoms with Crippen molar-refractivity contribution in [1.29, 1.82) is 0 Å². The quantitative estimate of drug-likeness (QED) is 0.156. The molecule has 10 aromatic carbocycles. The van der Waals surface area contributed by atoms with Gasteiger partial charge in [0.25, 0.3) is 0 Å². The second-order valence-corrected chi connectivity index (χ2v) is 15.3. The summed E-state index contributed by atoms with van der Waals surface area (Å²) in [6.45, 7) is 0. The zero-order valence-corrected chi connectivity index (χ0v) is 31.7. The highest BCUT2D eigenvalue weighted by Crippen LogP contribution is 2.41. The van der Waals surface area contributed by atoms with Crippen molar-refractivity contribution in [3.8, 4) is 44.8 Å². The number of nitrogens with zero attached hydrogens (tertiary/aromatic N) is 2. The largest absolute Gasteiger partial charge is 0.309 e. The zero-order valence-electron chi connectivity index (χ0n) is 31.7. The molecule has 0 fully saturated rings. The molecule has 0 spiro atoms. The molecule has 58 heavy (non-hydrogen) atoms. The highest BCUT2D eigenvalue weighted by Gasteiger charge is 2.18. The predicted octanol–water partition coefficient (Wildman–Crippen LogP) is 15.2. The molecule has 0 bridgehead atoms. The number of aromatic nitrogens is 2. The molecule has 270 valence electrons. The lowest BCUT2D eigenvalue weighted by molar-refractivity contribution is 1.18. The van der Waals surface area contributed by atoms with Gasteiger partial charge in [0.1, 0.15) is 0 Å². The average Bonchev–Trinajstić information content (AvgIpc) is 3.81. The van der Waals surface area contributed by atoms with Crippen molar-refractivity contribution in [2.75, 3.05) is 0 Å². The smallest absolute Gasteiger partial charge is 0.0541 e. The fraction of sp³-hybridized carbons (Fsp3) is 0. The summed E-state index contributed by atoms with van der Waals surface area (Å²) in [6, 6.07) is 79.9. The van der Waals surface area contributed by atoms with Gasteiger partial charge >= 0.3 is 0 Å². The lowest BCUT2D eigenvalue weighted by atomic mass is 9.92. The molecule has 0 amide bonds. The van der Waals surface area contributed by atoms with Gasteiger partial charge in [-0.05, 0) is 110 Å². The van der Waals surface area contributed by atoms with Crippen LogP contribution in [0, 0.1) is 0 Å². The van der Waals surface area contributed by atoms with Crippen molar-refractivity contribution in [3.05, 3.63) is 218 Å². The van der Waals surface area contributed by atoms with Gasteiger partial charge in [-0.2, -0.15) is 0 Å². The van der Waals surface area contributed by atoms with Crippen LogP contribution in [-0.2, 0) is 0 Å².